The average Bonchev–Trinajstić information content (AvgIpc) is 2.79. The van der Waals surface area contributed by atoms with Gasteiger partial charge in [-0.2, -0.15) is 0 Å². The Labute approximate surface area is 115 Å². The molecule has 7 nitrogen and oxygen atoms in total. The second kappa shape index (κ2) is 5.30. The van der Waals surface area contributed by atoms with Gasteiger partial charge in [-0.15, -0.1) is 0 Å². The molecule has 1 aliphatic rings. The fourth-order valence-corrected chi connectivity index (χ4v) is 2.22. The third-order valence-corrected chi connectivity index (χ3v) is 3.23. The number of nitrogens with zero attached hydrogens (tertiary/aromatic N) is 1. The van der Waals surface area contributed by atoms with Gasteiger partial charge in [0.25, 0.3) is 0 Å². The van der Waals surface area contributed by atoms with Gasteiger partial charge in [0.05, 0.1) is 18.0 Å². The van der Waals surface area contributed by atoms with Crippen molar-refractivity contribution in [1.82, 2.24) is 4.90 Å². The second-order valence-electron chi connectivity index (χ2n) is 4.76. The van der Waals surface area contributed by atoms with Crippen LogP contribution in [0.25, 0.3) is 0 Å². The second-order valence-corrected chi connectivity index (χ2v) is 4.76. The Kier molecular flexibility index (Phi) is 3.71. The van der Waals surface area contributed by atoms with Gasteiger partial charge < -0.3 is 21.5 Å². The molecule has 1 heterocycles. The van der Waals surface area contributed by atoms with Gasteiger partial charge in [0.15, 0.2) is 0 Å². The summed E-state index contributed by atoms with van der Waals surface area (Å²) in [5.41, 5.74) is 12.5. The Balaban J connectivity index is 2.11. The Morgan fingerprint density at radius 2 is 1.90 bits per heavy atom. The standard InChI is InChI=1S/C13H15N3O4/c14-10(4-11(15)17)12(18)16-5-8-2-1-7(13(19)20)3-9(8)6-16/h1-3,10H,4-6,14H2,(H2,15,17)(H,19,20). The van der Waals surface area contributed by atoms with E-state index in [4.69, 9.17) is 16.6 Å². The molecule has 0 fully saturated rings. The van der Waals surface area contributed by atoms with Gasteiger partial charge in [0.2, 0.25) is 11.8 Å². The smallest absolute Gasteiger partial charge is 0.335 e. The first-order chi connectivity index (χ1) is 9.38. The summed E-state index contributed by atoms with van der Waals surface area (Å²) in [6.45, 7) is 0.655. The normalized spacial score (nSPS) is 14.8. The molecule has 0 spiro atoms. The van der Waals surface area contributed by atoms with Gasteiger partial charge in [-0.25, -0.2) is 4.79 Å². The van der Waals surface area contributed by atoms with E-state index >= 15 is 0 Å². The molecule has 0 radical (unpaired) electrons. The van der Waals surface area contributed by atoms with E-state index < -0.39 is 17.9 Å². The van der Waals surface area contributed by atoms with Crippen molar-refractivity contribution in [2.24, 2.45) is 11.5 Å². The molecule has 106 valence electrons. The lowest BCUT2D eigenvalue weighted by atomic mass is 10.1. The van der Waals surface area contributed by atoms with Crippen LogP contribution in [0.2, 0.25) is 0 Å². The molecule has 1 unspecified atom stereocenters. The number of carboxylic acid groups (broad SMARTS) is 1. The largest absolute Gasteiger partial charge is 0.478 e. The number of hydrogen-bond donors (Lipinski definition) is 3. The van der Waals surface area contributed by atoms with Crippen LogP contribution in [0.5, 0.6) is 0 Å². The monoisotopic (exact) mass is 277 g/mol. The van der Waals surface area contributed by atoms with Gasteiger partial charge in [-0.1, -0.05) is 6.07 Å². The molecule has 1 aromatic rings. The highest BCUT2D eigenvalue weighted by Gasteiger charge is 2.28. The average molecular weight is 277 g/mol. The zero-order valence-corrected chi connectivity index (χ0v) is 10.7. The van der Waals surface area contributed by atoms with Gasteiger partial charge >= 0.3 is 5.97 Å². The summed E-state index contributed by atoms with van der Waals surface area (Å²) >= 11 is 0. The molecule has 0 bridgehead atoms. The lowest BCUT2D eigenvalue weighted by Gasteiger charge is -2.19. The first-order valence-electron chi connectivity index (χ1n) is 6.06. The van der Waals surface area contributed by atoms with Crippen LogP contribution in [0.15, 0.2) is 18.2 Å². The van der Waals surface area contributed by atoms with Crippen molar-refractivity contribution < 1.29 is 19.5 Å². The van der Waals surface area contributed by atoms with E-state index in [2.05, 4.69) is 0 Å². The van der Waals surface area contributed by atoms with Crippen LogP contribution >= 0.6 is 0 Å². The Morgan fingerprint density at radius 3 is 2.50 bits per heavy atom. The molecule has 5 N–H and O–H groups in total. The molecule has 2 rings (SSSR count). The molecule has 1 atom stereocenters. The number of rotatable bonds is 4. The molecular weight excluding hydrogens is 262 g/mol. The van der Waals surface area contributed by atoms with Crippen molar-refractivity contribution in [3.05, 3.63) is 34.9 Å². The highest BCUT2D eigenvalue weighted by Crippen LogP contribution is 2.24. The third-order valence-electron chi connectivity index (χ3n) is 3.23. The van der Waals surface area contributed by atoms with Gasteiger partial charge in [-0.3, -0.25) is 9.59 Å². The molecule has 0 aromatic heterocycles. The molecule has 1 aromatic carbocycles. The topological polar surface area (TPSA) is 127 Å². The number of carbonyl (C=O) groups excluding carboxylic acids is 2. The van der Waals surface area contributed by atoms with Crippen LogP contribution in [-0.4, -0.2) is 33.8 Å². The van der Waals surface area contributed by atoms with Crippen LogP contribution in [0.1, 0.15) is 27.9 Å². The van der Waals surface area contributed by atoms with E-state index in [1.54, 1.807) is 12.1 Å². The summed E-state index contributed by atoms with van der Waals surface area (Å²) in [5.74, 6) is -2.00. The molecule has 20 heavy (non-hydrogen) atoms. The zero-order chi connectivity index (χ0) is 14.9. The molecule has 2 amide bonds. The van der Waals surface area contributed by atoms with Crippen LogP contribution in [0.4, 0.5) is 0 Å². The van der Waals surface area contributed by atoms with Crippen LogP contribution in [0, 0.1) is 0 Å². The SMILES string of the molecule is NC(=O)CC(N)C(=O)N1Cc2ccc(C(=O)O)cc2C1. The highest BCUT2D eigenvalue weighted by atomic mass is 16.4. The van der Waals surface area contributed by atoms with Crippen LogP contribution in [-0.2, 0) is 22.7 Å². The van der Waals surface area contributed by atoms with Crippen LogP contribution in [0.3, 0.4) is 0 Å². The summed E-state index contributed by atoms with van der Waals surface area (Å²) in [7, 11) is 0. The maximum absolute atomic E-state index is 12.0. The number of carboxylic acids is 1. The first-order valence-corrected chi connectivity index (χ1v) is 6.06. The Hall–Kier alpha value is -2.41. The quantitative estimate of drug-likeness (QED) is 0.679. The third kappa shape index (κ3) is 2.77. The molecule has 0 saturated heterocycles. The van der Waals surface area contributed by atoms with Crippen molar-refractivity contribution in [2.75, 3.05) is 0 Å². The van der Waals surface area contributed by atoms with Crippen molar-refractivity contribution in [1.29, 1.82) is 0 Å². The number of amides is 2. The van der Waals surface area contributed by atoms with E-state index in [1.165, 1.54) is 11.0 Å². The minimum absolute atomic E-state index is 0.180. The number of carbonyl (C=O) groups is 3. The summed E-state index contributed by atoms with van der Waals surface area (Å²) in [6.07, 6.45) is -0.202. The van der Waals surface area contributed by atoms with E-state index in [9.17, 15) is 14.4 Å². The maximum Gasteiger partial charge on any atom is 0.335 e. The summed E-state index contributed by atoms with van der Waals surface area (Å²) in [4.78, 5) is 35.2. The van der Waals surface area contributed by atoms with E-state index in [0.717, 1.165) is 11.1 Å². The first kappa shape index (κ1) is 14.0. The molecular formula is C13H15N3O4. The predicted molar refractivity (Wildman–Crippen MR) is 69.4 cm³/mol. The maximum atomic E-state index is 12.0. The van der Waals surface area contributed by atoms with Crippen molar-refractivity contribution in [2.45, 2.75) is 25.6 Å². The van der Waals surface area contributed by atoms with Gasteiger partial charge in [0.1, 0.15) is 0 Å². The predicted octanol–water partition coefficient (Wildman–Crippen LogP) is -0.570. The van der Waals surface area contributed by atoms with E-state index in [-0.39, 0.29) is 17.9 Å². The van der Waals surface area contributed by atoms with Crippen molar-refractivity contribution in [3.8, 4) is 0 Å². The number of hydrogen-bond acceptors (Lipinski definition) is 4. The fraction of sp³-hybridized carbons (Fsp3) is 0.308. The van der Waals surface area contributed by atoms with Gasteiger partial charge in [-0.05, 0) is 23.3 Å². The molecule has 0 saturated carbocycles. The van der Waals surface area contributed by atoms with E-state index in [0.29, 0.717) is 13.1 Å². The number of primary amides is 1. The Morgan fingerprint density at radius 1 is 1.25 bits per heavy atom. The minimum Gasteiger partial charge on any atom is -0.478 e. The number of benzene rings is 1. The Bertz CT molecular complexity index is 585. The summed E-state index contributed by atoms with van der Waals surface area (Å²) < 4.78 is 0. The fourth-order valence-electron chi connectivity index (χ4n) is 2.22. The number of aromatic carboxylic acids is 1. The van der Waals surface area contributed by atoms with Crippen LogP contribution < -0.4 is 11.5 Å². The lowest BCUT2D eigenvalue weighted by Crippen LogP contribution is -2.43. The van der Waals surface area contributed by atoms with Crippen molar-refractivity contribution >= 4 is 17.8 Å². The van der Waals surface area contributed by atoms with Gasteiger partial charge in [0, 0.05) is 13.1 Å². The van der Waals surface area contributed by atoms with Crippen molar-refractivity contribution in [3.63, 3.8) is 0 Å². The lowest BCUT2D eigenvalue weighted by molar-refractivity contribution is -0.135. The number of fused-ring (bicyclic) bond motifs is 1. The molecule has 0 aliphatic carbocycles. The summed E-state index contributed by atoms with van der Waals surface area (Å²) in [5, 5.41) is 8.93. The minimum atomic E-state index is -1.01. The highest BCUT2D eigenvalue weighted by molar-refractivity contribution is 5.89. The molecule has 1 aliphatic heterocycles. The van der Waals surface area contributed by atoms with E-state index in [1.807, 2.05) is 0 Å². The number of nitrogens with two attached hydrogens (primary N) is 2. The summed E-state index contributed by atoms with van der Waals surface area (Å²) in [6, 6.07) is 3.77. The molecule has 7 heteroatoms. The zero-order valence-electron chi connectivity index (χ0n) is 10.7.